The zero-order chi connectivity index (χ0) is 32.7. The Bertz CT molecular complexity index is 1260. The summed E-state index contributed by atoms with van der Waals surface area (Å²) in [5, 5.41) is 0. The van der Waals surface area contributed by atoms with E-state index in [0.29, 0.717) is 0 Å². The van der Waals surface area contributed by atoms with Gasteiger partial charge in [-0.25, -0.2) is 0 Å². The Labute approximate surface area is 282 Å². The second-order valence-corrected chi connectivity index (χ2v) is 11.3. The zero-order valence-corrected chi connectivity index (χ0v) is 30.3. The van der Waals surface area contributed by atoms with Crippen LogP contribution in [0.15, 0.2) is 64.6 Å². The van der Waals surface area contributed by atoms with E-state index in [4.69, 9.17) is 9.98 Å². The first-order valence-electron chi connectivity index (χ1n) is 16.8. The van der Waals surface area contributed by atoms with Crippen molar-refractivity contribution in [2.75, 3.05) is 0 Å². The molecule has 0 radical (unpaired) electrons. The van der Waals surface area contributed by atoms with Crippen molar-refractivity contribution in [1.82, 2.24) is 0 Å². The Morgan fingerprint density at radius 3 is 1.93 bits per heavy atom. The van der Waals surface area contributed by atoms with E-state index in [1.807, 2.05) is 6.21 Å². The van der Waals surface area contributed by atoms with Crippen LogP contribution in [0.2, 0.25) is 0 Å². The van der Waals surface area contributed by atoms with Crippen molar-refractivity contribution in [3.63, 3.8) is 0 Å². The first-order valence-corrected chi connectivity index (χ1v) is 18.1. The van der Waals surface area contributed by atoms with Crippen molar-refractivity contribution < 1.29 is 14.6 Å². The third-order valence-electron chi connectivity index (χ3n) is 7.89. The van der Waals surface area contributed by atoms with Crippen molar-refractivity contribution in [2.24, 2.45) is 9.98 Å². The number of unbranched alkanes of at least 4 members (excludes halogenated alkanes) is 5. The maximum atomic E-state index is 5.11. The molecule has 44 heavy (non-hydrogen) atoms. The van der Waals surface area contributed by atoms with E-state index in [-0.39, 0.29) is 0 Å². The molecule has 0 aliphatic heterocycles. The molecule has 0 aliphatic carbocycles. The Balaban J connectivity index is 0.00000232. The van der Waals surface area contributed by atoms with Crippen LogP contribution in [0.3, 0.4) is 0 Å². The van der Waals surface area contributed by atoms with Crippen LogP contribution in [0, 0.1) is 20.8 Å². The van der Waals surface area contributed by atoms with Crippen LogP contribution < -0.4 is 0 Å². The summed E-state index contributed by atoms with van der Waals surface area (Å²) in [5.74, 6) is 0. The zero-order valence-electron chi connectivity index (χ0n) is 28.6. The molecule has 0 aromatic heterocycles. The predicted octanol–water partition coefficient (Wildman–Crippen LogP) is 13.2. The number of rotatable bonds is 16. The molecular formula is C40H57ClN2Ni-. The summed E-state index contributed by atoms with van der Waals surface area (Å²) in [6.45, 7) is 18.5. The minimum absolute atomic E-state index is 0.857. The predicted molar refractivity (Wildman–Crippen MR) is 195 cm³/mol. The molecule has 3 aromatic rings. The third-order valence-corrected chi connectivity index (χ3v) is 7.89. The molecule has 245 valence electrons. The number of aliphatic imine (C=N–C) groups is 2. The third kappa shape index (κ3) is 13.4. The Morgan fingerprint density at radius 2 is 1.30 bits per heavy atom. The molecule has 0 aliphatic rings. The van der Waals surface area contributed by atoms with Gasteiger partial charge in [0.2, 0.25) is 0 Å². The summed E-state index contributed by atoms with van der Waals surface area (Å²) in [7, 11) is 4.26. The molecule has 4 heteroatoms. The second kappa shape index (κ2) is 24.1. The Morgan fingerprint density at radius 1 is 0.705 bits per heavy atom. The maximum absolute atomic E-state index is 5.11. The van der Waals surface area contributed by atoms with Gasteiger partial charge < -0.3 is 6.92 Å². The van der Waals surface area contributed by atoms with Gasteiger partial charge in [0.05, 0.1) is 17.1 Å². The molecule has 3 aromatic carbocycles. The molecule has 0 heterocycles. The summed E-state index contributed by atoms with van der Waals surface area (Å²) >= 11 is 3.35. The molecule has 0 unspecified atom stereocenters. The number of aryl methyl sites for hydroxylation is 4. The van der Waals surface area contributed by atoms with Gasteiger partial charge in [-0.1, -0.05) is 90.1 Å². The van der Waals surface area contributed by atoms with Crippen molar-refractivity contribution in [3.05, 3.63) is 89.3 Å². The molecule has 0 saturated heterocycles. The molecule has 0 saturated carbocycles. The summed E-state index contributed by atoms with van der Waals surface area (Å²) in [6.07, 6.45) is 16.3. The molecule has 3 rings (SSSR count). The van der Waals surface area contributed by atoms with Crippen molar-refractivity contribution in [2.45, 2.75) is 126 Å². The molecule has 0 N–H and O–H groups in total. The monoisotopic (exact) mass is 658 g/mol. The average molecular weight is 660 g/mol. The van der Waals surface area contributed by atoms with Crippen molar-refractivity contribution >= 4 is 33.5 Å². The summed E-state index contributed by atoms with van der Waals surface area (Å²) in [6, 6.07) is 19.9. The van der Waals surface area contributed by atoms with E-state index >= 15 is 0 Å². The summed E-state index contributed by atoms with van der Waals surface area (Å²) < 4.78 is 0. The first-order chi connectivity index (χ1) is 21.5. The van der Waals surface area contributed by atoms with E-state index in [9.17, 15) is 0 Å². The average Bonchev–Trinajstić information content (AvgIpc) is 3.05. The SMILES string of the molecule is CCCCCCc1cc(N=C(C=Nc2cc(C)c(-c3ccccc3)c(CCCC)c2)CC)cc(C)c1CCCC.[CH2-]C.[Cl][Ni]. The van der Waals surface area contributed by atoms with Gasteiger partial charge in [-0.2, -0.15) is 6.92 Å². The number of hydrogen-bond acceptors (Lipinski definition) is 2. The number of halogens is 1. The van der Waals surface area contributed by atoms with Crippen LogP contribution in [-0.2, 0) is 33.8 Å². The normalized spacial score (nSPS) is 11.2. The summed E-state index contributed by atoms with van der Waals surface area (Å²) in [5.41, 5.74) is 12.9. The second-order valence-electron chi connectivity index (χ2n) is 11.3. The van der Waals surface area contributed by atoms with E-state index in [0.717, 1.165) is 36.3 Å². The number of nitrogens with zero attached hydrogens (tertiary/aromatic N) is 2. The molecule has 2 nitrogen and oxygen atoms in total. The molecule has 0 amide bonds. The fourth-order valence-electron chi connectivity index (χ4n) is 5.62. The van der Waals surface area contributed by atoms with E-state index < -0.39 is 0 Å². The molecule has 0 fully saturated rings. The van der Waals surface area contributed by atoms with Crippen molar-refractivity contribution in [1.29, 1.82) is 0 Å². The van der Waals surface area contributed by atoms with Gasteiger partial charge in [-0.3, -0.25) is 9.98 Å². The van der Waals surface area contributed by atoms with Crippen LogP contribution in [0.5, 0.6) is 0 Å². The molecule has 0 bridgehead atoms. The number of hydrogen-bond donors (Lipinski definition) is 0. The van der Waals surface area contributed by atoms with Crippen molar-refractivity contribution in [3.8, 4) is 11.1 Å². The topological polar surface area (TPSA) is 24.7 Å². The fourth-order valence-corrected chi connectivity index (χ4v) is 5.62. The first kappa shape index (κ1) is 39.8. The van der Waals surface area contributed by atoms with Crippen LogP contribution in [0.1, 0.15) is 120 Å². The Hall–Kier alpha value is -2.22. The molecule has 0 atom stereocenters. The van der Waals surface area contributed by atoms with Gasteiger partial charge in [-0.15, -0.1) is 0 Å². The van der Waals surface area contributed by atoms with Gasteiger partial charge in [0.25, 0.3) is 0 Å². The van der Waals surface area contributed by atoms with Crippen LogP contribution in [-0.4, -0.2) is 11.9 Å². The summed E-state index contributed by atoms with van der Waals surface area (Å²) in [4.78, 5) is 10.1. The van der Waals surface area contributed by atoms with Gasteiger partial charge in [0.1, 0.15) is 0 Å². The van der Waals surface area contributed by atoms with E-state index in [1.165, 1.54) is 91.2 Å². The Kier molecular flexibility index (Phi) is 21.8. The van der Waals surface area contributed by atoms with Gasteiger partial charge in [0, 0.05) is 6.21 Å². The van der Waals surface area contributed by atoms with E-state index in [2.05, 4.69) is 128 Å². The van der Waals surface area contributed by atoms with Crippen LogP contribution in [0.4, 0.5) is 11.4 Å². The van der Waals surface area contributed by atoms with E-state index in [1.54, 1.807) is 12.5 Å². The van der Waals surface area contributed by atoms with Gasteiger partial charge in [-0.05, 0) is 122 Å². The molecular weight excluding hydrogens is 603 g/mol. The van der Waals surface area contributed by atoms with Crippen LogP contribution >= 0.6 is 10.2 Å². The van der Waals surface area contributed by atoms with Gasteiger partial charge >= 0.3 is 24.8 Å². The number of benzene rings is 3. The minimum atomic E-state index is 0.857. The standard InChI is InChI=1S/C38H52N2.C2H5.ClH.Ni/c1-7-11-14-16-22-32-26-36(24-29(5)37(32)23-13-9-3)40-34(10-4)28-39-35-25-30(6)38(31-20-17-15-18-21-31)33(27-35)19-12-8-2;1-2;;/h15,17-18,20-21,24-28H,7-14,16,19,22-23H2,1-6H3;1H2,2H3;1H;/q;-1;;+1/p-1. The fraction of sp³-hybridized carbons (Fsp3) is 0.475. The quantitative estimate of drug-likeness (QED) is 0.0633. The van der Waals surface area contributed by atoms with Crippen LogP contribution in [0.25, 0.3) is 11.1 Å². The van der Waals surface area contributed by atoms with Gasteiger partial charge in [0.15, 0.2) is 0 Å². The molecule has 0 spiro atoms.